The number of halogens is 1. The minimum atomic E-state index is -0.358. The number of carbonyl (C=O) groups excluding carboxylic acids is 1. The third-order valence-electron chi connectivity index (χ3n) is 2.79. The van der Waals surface area contributed by atoms with E-state index in [0.717, 1.165) is 11.3 Å². The van der Waals surface area contributed by atoms with Gasteiger partial charge in [-0.15, -0.1) is 0 Å². The van der Waals surface area contributed by atoms with Gasteiger partial charge in [0.15, 0.2) is 0 Å². The van der Waals surface area contributed by atoms with Crippen LogP contribution in [0.25, 0.3) is 0 Å². The Balaban J connectivity index is 2.11. The number of hydrogen-bond acceptors (Lipinski definition) is 3. The number of aromatic nitrogens is 1. The number of benzene rings is 1. The van der Waals surface area contributed by atoms with Crippen LogP contribution in [0.15, 0.2) is 42.7 Å². The molecule has 0 aliphatic rings. The first-order valence-corrected chi connectivity index (χ1v) is 6.29. The molecule has 0 radical (unpaired) electrons. The Kier molecular flexibility index (Phi) is 4.30. The van der Waals surface area contributed by atoms with E-state index in [1.54, 1.807) is 12.3 Å². The summed E-state index contributed by atoms with van der Waals surface area (Å²) < 4.78 is 13.1. The summed E-state index contributed by atoms with van der Waals surface area (Å²) in [5.41, 5.74) is 2.31. The van der Waals surface area contributed by atoms with Crippen molar-refractivity contribution in [1.29, 1.82) is 0 Å². The van der Waals surface area contributed by atoms with Crippen molar-refractivity contribution in [3.63, 3.8) is 0 Å². The fourth-order valence-corrected chi connectivity index (χ4v) is 1.89. The third kappa shape index (κ3) is 3.78. The summed E-state index contributed by atoms with van der Waals surface area (Å²) in [7, 11) is 0. The molecule has 5 heteroatoms. The van der Waals surface area contributed by atoms with Crippen molar-refractivity contribution >= 4 is 17.3 Å². The normalized spacial score (nSPS) is 11.8. The Morgan fingerprint density at radius 1 is 1.25 bits per heavy atom. The Labute approximate surface area is 117 Å². The molecule has 1 aromatic carbocycles. The van der Waals surface area contributed by atoms with Gasteiger partial charge in [-0.25, -0.2) is 4.39 Å². The van der Waals surface area contributed by atoms with Crippen LogP contribution in [-0.2, 0) is 4.79 Å². The van der Waals surface area contributed by atoms with Gasteiger partial charge in [0.25, 0.3) is 0 Å². The van der Waals surface area contributed by atoms with Crippen molar-refractivity contribution in [2.75, 3.05) is 10.6 Å². The standard InChI is InChI=1S/C15H16FN3O/c1-10(12-6-13(16)9-17-8-12)18-14-4-3-5-15(7-14)19-11(2)20/h3-10,18H,1-2H3,(H,19,20). The first kappa shape index (κ1) is 14.0. The summed E-state index contributed by atoms with van der Waals surface area (Å²) in [6.07, 6.45) is 2.80. The smallest absolute Gasteiger partial charge is 0.221 e. The van der Waals surface area contributed by atoms with E-state index >= 15 is 0 Å². The first-order chi connectivity index (χ1) is 9.54. The summed E-state index contributed by atoms with van der Waals surface area (Å²) >= 11 is 0. The van der Waals surface area contributed by atoms with Gasteiger partial charge < -0.3 is 10.6 Å². The van der Waals surface area contributed by atoms with Crippen LogP contribution >= 0.6 is 0 Å². The minimum Gasteiger partial charge on any atom is -0.378 e. The lowest BCUT2D eigenvalue weighted by Gasteiger charge is -2.16. The highest BCUT2D eigenvalue weighted by molar-refractivity contribution is 5.89. The molecule has 0 aliphatic carbocycles. The number of nitrogens with one attached hydrogen (secondary N) is 2. The van der Waals surface area contributed by atoms with Gasteiger partial charge >= 0.3 is 0 Å². The van der Waals surface area contributed by atoms with Crippen molar-refractivity contribution in [3.05, 3.63) is 54.1 Å². The average molecular weight is 273 g/mol. The van der Waals surface area contributed by atoms with E-state index in [1.165, 1.54) is 19.2 Å². The van der Waals surface area contributed by atoms with Crippen LogP contribution in [0.1, 0.15) is 25.5 Å². The van der Waals surface area contributed by atoms with Gasteiger partial charge in [-0.1, -0.05) is 6.07 Å². The van der Waals surface area contributed by atoms with Crippen LogP contribution in [0.2, 0.25) is 0 Å². The molecule has 2 rings (SSSR count). The van der Waals surface area contributed by atoms with Gasteiger partial charge in [-0.05, 0) is 36.8 Å². The molecular formula is C15H16FN3O. The summed E-state index contributed by atoms with van der Waals surface area (Å²) in [6, 6.07) is 8.71. The summed E-state index contributed by atoms with van der Waals surface area (Å²) in [5.74, 6) is -0.479. The number of rotatable bonds is 4. The third-order valence-corrected chi connectivity index (χ3v) is 2.79. The second-order valence-corrected chi connectivity index (χ2v) is 4.56. The van der Waals surface area contributed by atoms with Crippen molar-refractivity contribution < 1.29 is 9.18 Å². The van der Waals surface area contributed by atoms with E-state index in [-0.39, 0.29) is 17.8 Å². The van der Waals surface area contributed by atoms with E-state index in [2.05, 4.69) is 15.6 Å². The molecule has 0 saturated carbocycles. The molecule has 1 aromatic heterocycles. The molecule has 20 heavy (non-hydrogen) atoms. The molecule has 1 heterocycles. The van der Waals surface area contributed by atoms with Crippen LogP contribution in [0.4, 0.5) is 15.8 Å². The number of amides is 1. The van der Waals surface area contributed by atoms with Gasteiger partial charge in [0.05, 0.1) is 12.2 Å². The lowest BCUT2D eigenvalue weighted by atomic mass is 10.1. The van der Waals surface area contributed by atoms with E-state index in [9.17, 15) is 9.18 Å². The fraction of sp³-hybridized carbons (Fsp3) is 0.200. The van der Waals surface area contributed by atoms with Crippen LogP contribution in [0, 0.1) is 5.82 Å². The molecule has 1 unspecified atom stereocenters. The summed E-state index contributed by atoms with van der Waals surface area (Å²) in [6.45, 7) is 3.38. The van der Waals surface area contributed by atoms with Crippen LogP contribution < -0.4 is 10.6 Å². The zero-order chi connectivity index (χ0) is 14.5. The Hall–Kier alpha value is -2.43. The number of nitrogens with zero attached hydrogens (tertiary/aromatic N) is 1. The average Bonchev–Trinajstić information content (AvgIpc) is 2.38. The molecule has 0 aliphatic heterocycles. The lowest BCUT2D eigenvalue weighted by Crippen LogP contribution is -2.09. The molecule has 0 saturated heterocycles. The first-order valence-electron chi connectivity index (χ1n) is 6.29. The van der Waals surface area contributed by atoms with Crippen molar-refractivity contribution in [2.24, 2.45) is 0 Å². The topological polar surface area (TPSA) is 54.0 Å². The van der Waals surface area contributed by atoms with E-state index in [1.807, 2.05) is 25.1 Å². The molecule has 0 spiro atoms. The molecule has 1 amide bonds. The lowest BCUT2D eigenvalue weighted by molar-refractivity contribution is -0.114. The highest BCUT2D eigenvalue weighted by Gasteiger charge is 2.07. The maximum absolute atomic E-state index is 13.1. The zero-order valence-electron chi connectivity index (χ0n) is 11.4. The quantitative estimate of drug-likeness (QED) is 0.898. The molecule has 2 aromatic rings. The highest BCUT2D eigenvalue weighted by Crippen LogP contribution is 2.21. The number of hydrogen-bond donors (Lipinski definition) is 2. The van der Waals surface area contributed by atoms with E-state index in [4.69, 9.17) is 0 Å². The van der Waals surface area contributed by atoms with Crippen molar-refractivity contribution in [3.8, 4) is 0 Å². The van der Waals surface area contributed by atoms with Crippen LogP contribution in [0.5, 0.6) is 0 Å². The maximum Gasteiger partial charge on any atom is 0.221 e. The Morgan fingerprint density at radius 2 is 2.00 bits per heavy atom. The predicted octanol–water partition coefficient (Wildman–Crippen LogP) is 3.35. The second-order valence-electron chi connectivity index (χ2n) is 4.56. The number of carbonyl (C=O) groups is 1. The molecule has 1 atom stereocenters. The molecule has 2 N–H and O–H groups in total. The van der Waals surface area contributed by atoms with Gasteiger partial charge in [0.2, 0.25) is 5.91 Å². The molecule has 4 nitrogen and oxygen atoms in total. The Morgan fingerprint density at radius 3 is 2.70 bits per heavy atom. The van der Waals surface area contributed by atoms with Crippen LogP contribution in [0.3, 0.4) is 0 Å². The Bertz CT molecular complexity index is 616. The maximum atomic E-state index is 13.1. The predicted molar refractivity (Wildman–Crippen MR) is 77.0 cm³/mol. The largest absolute Gasteiger partial charge is 0.378 e. The van der Waals surface area contributed by atoms with Crippen LogP contribution in [-0.4, -0.2) is 10.9 Å². The fourth-order valence-electron chi connectivity index (χ4n) is 1.89. The highest BCUT2D eigenvalue weighted by atomic mass is 19.1. The molecule has 0 fully saturated rings. The minimum absolute atomic E-state index is 0.0919. The number of pyridine rings is 1. The van der Waals surface area contributed by atoms with Gasteiger partial charge in [-0.3, -0.25) is 9.78 Å². The summed E-state index contributed by atoms with van der Waals surface area (Å²) in [4.78, 5) is 14.9. The van der Waals surface area contributed by atoms with E-state index in [0.29, 0.717) is 5.69 Å². The zero-order valence-corrected chi connectivity index (χ0v) is 11.4. The molecular weight excluding hydrogens is 257 g/mol. The van der Waals surface area contributed by atoms with Gasteiger partial charge in [0.1, 0.15) is 5.82 Å². The second kappa shape index (κ2) is 6.14. The summed E-state index contributed by atoms with van der Waals surface area (Å²) in [5, 5.41) is 5.96. The van der Waals surface area contributed by atoms with Crippen molar-refractivity contribution in [1.82, 2.24) is 4.98 Å². The monoisotopic (exact) mass is 273 g/mol. The van der Waals surface area contributed by atoms with E-state index < -0.39 is 0 Å². The van der Waals surface area contributed by atoms with Gasteiger partial charge in [0, 0.05) is 24.5 Å². The van der Waals surface area contributed by atoms with Gasteiger partial charge in [-0.2, -0.15) is 0 Å². The van der Waals surface area contributed by atoms with Crippen molar-refractivity contribution in [2.45, 2.75) is 19.9 Å². The number of anilines is 2. The molecule has 104 valence electrons. The SMILES string of the molecule is CC(=O)Nc1cccc(NC(C)c2cncc(F)c2)c1. The molecule has 0 bridgehead atoms.